The first-order valence-electron chi connectivity index (χ1n) is 7.73. The normalized spacial score (nSPS) is 24.6. The highest BCUT2D eigenvalue weighted by Crippen LogP contribution is 2.45. The fourth-order valence-corrected chi connectivity index (χ4v) is 5.06. The van der Waals surface area contributed by atoms with E-state index >= 15 is 0 Å². The minimum Gasteiger partial charge on any atom is -0.299 e. The van der Waals surface area contributed by atoms with Crippen LogP contribution >= 0.6 is 11.8 Å². The fraction of sp³-hybridized carbons (Fsp3) is 0.938. The summed E-state index contributed by atoms with van der Waals surface area (Å²) in [4.78, 5) is 12.8. The van der Waals surface area contributed by atoms with Gasteiger partial charge in [-0.3, -0.25) is 4.79 Å². The van der Waals surface area contributed by atoms with Crippen LogP contribution in [0, 0.1) is 17.3 Å². The molecule has 0 aromatic rings. The second-order valence-electron chi connectivity index (χ2n) is 6.77. The van der Waals surface area contributed by atoms with E-state index in [1.165, 1.54) is 50.0 Å². The molecule has 0 amide bonds. The molecule has 0 unspecified atom stereocenters. The molecule has 0 N–H and O–H groups in total. The second-order valence-corrected chi connectivity index (χ2v) is 7.99. The van der Waals surface area contributed by atoms with E-state index < -0.39 is 0 Å². The number of carbonyl (C=O) groups is 1. The van der Waals surface area contributed by atoms with Crippen LogP contribution in [0.4, 0.5) is 0 Å². The van der Waals surface area contributed by atoms with Crippen LogP contribution in [0.15, 0.2) is 0 Å². The summed E-state index contributed by atoms with van der Waals surface area (Å²) in [5.41, 5.74) is 0.0821. The van der Waals surface area contributed by atoms with E-state index in [9.17, 15) is 4.79 Å². The van der Waals surface area contributed by atoms with Gasteiger partial charge in [-0.25, -0.2) is 0 Å². The Morgan fingerprint density at radius 2 is 1.83 bits per heavy atom. The van der Waals surface area contributed by atoms with E-state index in [-0.39, 0.29) is 5.41 Å². The van der Waals surface area contributed by atoms with Crippen LogP contribution in [0.2, 0.25) is 0 Å². The third-order valence-corrected chi connectivity index (χ3v) is 5.81. The summed E-state index contributed by atoms with van der Waals surface area (Å²) in [5.74, 6) is 4.52. The molecule has 2 aliphatic rings. The number of Topliss-reactive ketones (excluding diaryl/α,β-unsaturated/α-hetero) is 1. The summed E-state index contributed by atoms with van der Waals surface area (Å²) < 4.78 is 0. The number of hydrogen-bond acceptors (Lipinski definition) is 2. The van der Waals surface area contributed by atoms with Crippen LogP contribution in [0.25, 0.3) is 0 Å². The van der Waals surface area contributed by atoms with Crippen molar-refractivity contribution in [1.29, 1.82) is 0 Å². The van der Waals surface area contributed by atoms with Crippen LogP contribution in [-0.2, 0) is 4.79 Å². The molecular weight excluding hydrogens is 240 g/mol. The minimum absolute atomic E-state index is 0.0821. The molecule has 0 aromatic carbocycles. The Morgan fingerprint density at radius 1 is 1.22 bits per heavy atom. The second kappa shape index (κ2) is 6.45. The van der Waals surface area contributed by atoms with Crippen molar-refractivity contribution in [3.8, 4) is 0 Å². The van der Waals surface area contributed by atoms with E-state index in [4.69, 9.17) is 0 Å². The fourth-order valence-electron chi connectivity index (χ4n) is 3.86. The highest BCUT2D eigenvalue weighted by atomic mass is 32.2. The summed E-state index contributed by atoms with van der Waals surface area (Å²) in [7, 11) is 0. The van der Waals surface area contributed by atoms with E-state index in [0.29, 0.717) is 17.6 Å². The van der Waals surface area contributed by atoms with Crippen molar-refractivity contribution in [1.82, 2.24) is 0 Å². The van der Waals surface area contributed by atoms with Crippen molar-refractivity contribution in [2.24, 2.45) is 17.3 Å². The van der Waals surface area contributed by atoms with Crippen LogP contribution in [0.1, 0.15) is 65.2 Å². The van der Waals surface area contributed by atoms with Gasteiger partial charge >= 0.3 is 0 Å². The van der Waals surface area contributed by atoms with Crippen molar-refractivity contribution >= 4 is 17.5 Å². The van der Waals surface area contributed by atoms with Gasteiger partial charge in [0.05, 0.1) is 0 Å². The predicted molar refractivity (Wildman–Crippen MR) is 80.0 cm³/mol. The first-order chi connectivity index (χ1) is 8.62. The van der Waals surface area contributed by atoms with Gasteiger partial charge in [-0.15, -0.1) is 0 Å². The van der Waals surface area contributed by atoms with Crippen molar-refractivity contribution < 1.29 is 4.79 Å². The average molecular weight is 268 g/mol. The van der Waals surface area contributed by atoms with Crippen LogP contribution in [0.3, 0.4) is 0 Å². The molecule has 2 heteroatoms. The van der Waals surface area contributed by atoms with Gasteiger partial charge in [-0.05, 0) is 55.4 Å². The van der Waals surface area contributed by atoms with Gasteiger partial charge in [0, 0.05) is 11.8 Å². The van der Waals surface area contributed by atoms with Crippen LogP contribution < -0.4 is 0 Å². The number of rotatable bonds is 5. The number of hydrogen-bond donors (Lipinski definition) is 0. The Kier molecular flexibility index (Phi) is 5.17. The van der Waals surface area contributed by atoms with E-state index in [0.717, 1.165) is 12.8 Å². The molecule has 0 spiro atoms. The minimum atomic E-state index is 0.0821. The maximum atomic E-state index is 12.8. The number of thioether (sulfide) groups is 1. The van der Waals surface area contributed by atoms with Crippen molar-refractivity contribution in [3.63, 3.8) is 0 Å². The molecule has 0 radical (unpaired) electrons. The van der Waals surface area contributed by atoms with Gasteiger partial charge in [0.2, 0.25) is 0 Å². The van der Waals surface area contributed by atoms with Crippen molar-refractivity contribution in [2.75, 3.05) is 11.5 Å². The highest BCUT2D eigenvalue weighted by molar-refractivity contribution is 7.99. The average Bonchev–Trinajstić information content (AvgIpc) is 2.79. The van der Waals surface area contributed by atoms with Crippen LogP contribution in [-0.4, -0.2) is 17.3 Å². The zero-order valence-corrected chi connectivity index (χ0v) is 12.9. The first-order valence-corrected chi connectivity index (χ1v) is 8.89. The Balaban J connectivity index is 1.95. The van der Waals surface area contributed by atoms with Crippen LogP contribution in [0.5, 0.6) is 0 Å². The molecule has 18 heavy (non-hydrogen) atoms. The van der Waals surface area contributed by atoms with Gasteiger partial charge in [0.1, 0.15) is 5.78 Å². The van der Waals surface area contributed by atoms with Crippen molar-refractivity contribution in [2.45, 2.75) is 65.2 Å². The SMILES string of the molecule is CC(C)CC1(C(=O)CC2CCSCC2)CCCC1. The zero-order valence-electron chi connectivity index (χ0n) is 12.0. The zero-order chi connectivity index (χ0) is 13.0. The Bertz CT molecular complexity index is 273. The molecule has 1 nitrogen and oxygen atoms in total. The topological polar surface area (TPSA) is 17.1 Å². The molecule has 1 saturated carbocycles. The number of carbonyl (C=O) groups excluding carboxylic acids is 1. The lowest BCUT2D eigenvalue weighted by Gasteiger charge is -2.32. The Hall–Kier alpha value is 0.0200. The molecule has 1 heterocycles. The number of ketones is 1. The monoisotopic (exact) mass is 268 g/mol. The largest absolute Gasteiger partial charge is 0.299 e. The summed E-state index contributed by atoms with van der Waals surface area (Å²) >= 11 is 2.06. The van der Waals surface area contributed by atoms with E-state index in [1.54, 1.807) is 0 Å². The first kappa shape index (κ1) is 14.4. The third-order valence-electron chi connectivity index (χ3n) is 4.77. The summed E-state index contributed by atoms with van der Waals surface area (Å²) in [6.45, 7) is 4.54. The molecule has 0 atom stereocenters. The maximum absolute atomic E-state index is 12.8. The van der Waals surface area contributed by atoms with E-state index in [1.807, 2.05) is 0 Å². The van der Waals surface area contributed by atoms with Gasteiger partial charge in [0.15, 0.2) is 0 Å². The maximum Gasteiger partial charge on any atom is 0.139 e. The smallest absolute Gasteiger partial charge is 0.139 e. The van der Waals surface area contributed by atoms with Gasteiger partial charge in [0.25, 0.3) is 0 Å². The lowest BCUT2D eigenvalue weighted by atomic mass is 9.72. The predicted octanol–water partition coefficient (Wildman–Crippen LogP) is 4.70. The molecule has 0 bridgehead atoms. The molecular formula is C16H28OS. The Morgan fingerprint density at radius 3 is 2.39 bits per heavy atom. The molecule has 2 rings (SSSR count). The van der Waals surface area contributed by atoms with E-state index in [2.05, 4.69) is 25.6 Å². The standard InChI is InChI=1S/C16H28OS/c1-13(2)12-16(7-3-4-8-16)15(17)11-14-5-9-18-10-6-14/h13-14H,3-12H2,1-2H3. The summed E-state index contributed by atoms with van der Waals surface area (Å²) in [5, 5.41) is 0. The molecule has 104 valence electrons. The lowest BCUT2D eigenvalue weighted by molar-refractivity contribution is -0.130. The molecule has 1 saturated heterocycles. The Labute approximate surface area is 116 Å². The third kappa shape index (κ3) is 3.53. The van der Waals surface area contributed by atoms with Crippen molar-refractivity contribution in [3.05, 3.63) is 0 Å². The highest BCUT2D eigenvalue weighted by Gasteiger charge is 2.41. The quantitative estimate of drug-likeness (QED) is 0.719. The molecule has 1 aliphatic heterocycles. The molecule has 2 fully saturated rings. The molecule has 0 aromatic heterocycles. The molecule has 1 aliphatic carbocycles. The van der Waals surface area contributed by atoms with Gasteiger partial charge in [-0.1, -0.05) is 26.7 Å². The lowest BCUT2D eigenvalue weighted by Crippen LogP contribution is -2.32. The summed E-state index contributed by atoms with van der Waals surface area (Å²) in [6.07, 6.45) is 9.46. The van der Waals surface area contributed by atoms with Gasteiger partial charge < -0.3 is 0 Å². The van der Waals surface area contributed by atoms with Gasteiger partial charge in [-0.2, -0.15) is 11.8 Å². The summed E-state index contributed by atoms with van der Waals surface area (Å²) in [6, 6.07) is 0.